The Kier molecular flexibility index (Phi) is 44.4. The Morgan fingerprint density at radius 3 is 0.640 bits per heavy atom. The first kappa shape index (κ1) is 55.8. The van der Waals surface area contributed by atoms with Crippen LogP contribution in [-0.2, 0) is 34.1 Å². The zero-order valence-corrected chi connectivity index (χ0v) is 32.6. The van der Waals surface area contributed by atoms with Crippen LogP contribution in [0.1, 0.15) is 34.6 Å². The second-order valence-corrected chi connectivity index (χ2v) is 13.6. The van der Waals surface area contributed by atoms with Gasteiger partial charge in [0.15, 0.2) is 0 Å². The van der Waals surface area contributed by atoms with Crippen molar-refractivity contribution in [2.45, 2.75) is 34.6 Å². The number of rotatable bonds is 7. The summed E-state index contributed by atoms with van der Waals surface area (Å²) in [6.45, 7) is 7.15. The van der Waals surface area contributed by atoms with E-state index in [4.69, 9.17) is 44.9 Å². The third-order valence-corrected chi connectivity index (χ3v) is 10.2. The van der Waals surface area contributed by atoms with Crippen molar-refractivity contribution in [3.63, 3.8) is 0 Å². The molecular formula is C36H39ClCu2N5O4P2+. The zero-order chi connectivity index (χ0) is 37.1. The van der Waals surface area contributed by atoms with Crippen molar-refractivity contribution in [3.05, 3.63) is 121 Å². The molecule has 4 rings (SSSR count). The van der Waals surface area contributed by atoms with E-state index in [1.54, 1.807) is 30.3 Å². The Balaban J connectivity index is -0.000000257. The van der Waals surface area contributed by atoms with Crippen molar-refractivity contribution < 1.29 is 63.0 Å². The van der Waals surface area contributed by atoms with Crippen molar-refractivity contribution in [2.75, 3.05) is 12.3 Å². The van der Waals surface area contributed by atoms with Gasteiger partial charge in [-0.3, -0.25) is 0 Å². The van der Waals surface area contributed by atoms with E-state index in [2.05, 4.69) is 121 Å². The molecule has 0 aliphatic rings. The van der Waals surface area contributed by atoms with Gasteiger partial charge in [-0.1, -0.05) is 121 Å². The summed E-state index contributed by atoms with van der Waals surface area (Å²) >= 11 is 0. The molecule has 0 spiro atoms. The molecule has 4 aromatic carbocycles. The number of benzene rings is 4. The Labute approximate surface area is 323 Å². The SMILES string of the molecule is CC#N.CC#N.CC#N.CC#N.CC#N.[Cu+].[Cu+].[O-][Cl+3]([O-])([O-])[O-].c1ccc(P(CCP(c2ccccc2)c2ccccc2)c2ccccc2)cc1. The second-order valence-electron chi connectivity index (χ2n) is 8.14. The molecule has 0 N–H and O–H groups in total. The van der Waals surface area contributed by atoms with Crippen LogP contribution in [-0.4, -0.2) is 12.3 Å². The minimum Gasteiger partial charge on any atom is -0.222 e. The van der Waals surface area contributed by atoms with Crippen LogP contribution >= 0.6 is 15.8 Å². The van der Waals surface area contributed by atoms with Crippen LogP contribution < -0.4 is 39.9 Å². The Morgan fingerprint density at radius 2 is 0.520 bits per heavy atom. The van der Waals surface area contributed by atoms with E-state index in [1.165, 1.54) is 68.2 Å². The van der Waals surface area contributed by atoms with Crippen molar-refractivity contribution in [1.29, 1.82) is 26.3 Å². The van der Waals surface area contributed by atoms with Gasteiger partial charge >= 0.3 is 34.1 Å². The van der Waals surface area contributed by atoms with Gasteiger partial charge in [-0.2, -0.15) is 26.3 Å². The Hall–Kier alpha value is -3.64. The summed E-state index contributed by atoms with van der Waals surface area (Å²) in [7, 11) is -5.64. The predicted molar refractivity (Wildman–Crippen MR) is 184 cm³/mol. The van der Waals surface area contributed by atoms with E-state index >= 15 is 0 Å². The van der Waals surface area contributed by atoms with Gasteiger partial charge in [0.2, 0.25) is 0 Å². The van der Waals surface area contributed by atoms with E-state index in [0.717, 1.165) is 0 Å². The molecule has 50 heavy (non-hydrogen) atoms. The maximum absolute atomic E-state index is 8.49. The number of hydrogen-bond acceptors (Lipinski definition) is 9. The van der Waals surface area contributed by atoms with Crippen LogP contribution in [0.3, 0.4) is 0 Å². The molecule has 0 radical (unpaired) electrons. The van der Waals surface area contributed by atoms with Gasteiger partial charge in [0.1, 0.15) is 0 Å². The van der Waals surface area contributed by atoms with E-state index in [0.29, 0.717) is 0 Å². The largest absolute Gasteiger partial charge is 1.00 e. The molecule has 0 atom stereocenters. The topological polar surface area (TPSA) is 211 Å². The molecule has 0 saturated heterocycles. The molecular weight excluding hydrogens is 791 g/mol. The summed E-state index contributed by atoms with van der Waals surface area (Å²) < 4.78 is 34.0. The second kappa shape index (κ2) is 39.8. The minimum atomic E-state index is -4.94. The molecule has 0 aliphatic heterocycles. The molecule has 0 saturated carbocycles. The third-order valence-electron chi connectivity index (χ3n) is 4.82. The Morgan fingerprint density at radius 1 is 0.400 bits per heavy atom. The van der Waals surface area contributed by atoms with E-state index in [-0.39, 0.29) is 50.0 Å². The molecule has 0 unspecified atom stereocenters. The molecule has 4 aromatic rings. The summed E-state index contributed by atoms with van der Waals surface area (Å²) in [5.74, 6) is 0. The van der Waals surface area contributed by atoms with Crippen molar-refractivity contribution in [1.82, 2.24) is 0 Å². The molecule has 9 nitrogen and oxygen atoms in total. The quantitative estimate of drug-likeness (QED) is 0.198. The molecule has 270 valence electrons. The first-order valence-electron chi connectivity index (χ1n) is 13.9. The van der Waals surface area contributed by atoms with Crippen molar-refractivity contribution in [2.24, 2.45) is 0 Å². The number of nitrogens with zero attached hydrogens (tertiary/aromatic N) is 5. The van der Waals surface area contributed by atoms with Gasteiger partial charge in [-0.05, 0) is 49.4 Å². The predicted octanol–water partition coefficient (Wildman–Crippen LogP) is 3.14. The van der Waals surface area contributed by atoms with Crippen LogP contribution in [0.15, 0.2) is 121 Å². The molecule has 0 amide bonds. The van der Waals surface area contributed by atoms with Gasteiger partial charge in [0, 0.05) is 34.6 Å². The fraction of sp³-hybridized carbons (Fsp3) is 0.194. The molecule has 14 heteroatoms. The average Bonchev–Trinajstić information content (AvgIpc) is 3.06. The first-order chi connectivity index (χ1) is 23.0. The van der Waals surface area contributed by atoms with Gasteiger partial charge in [-0.15, -0.1) is 10.2 Å². The maximum atomic E-state index is 8.49. The molecule has 0 fully saturated rings. The number of hydrogen-bond donors (Lipinski definition) is 0. The fourth-order valence-corrected chi connectivity index (χ4v) is 8.80. The van der Waals surface area contributed by atoms with Gasteiger partial charge < -0.3 is 0 Å². The average molecular weight is 830 g/mol. The van der Waals surface area contributed by atoms with Crippen molar-refractivity contribution >= 4 is 37.1 Å². The summed E-state index contributed by atoms with van der Waals surface area (Å²) in [5, 5.41) is 42.5. The smallest absolute Gasteiger partial charge is 0.222 e. The maximum Gasteiger partial charge on any atom is 1.00 e. The third kappa shape index (κ3) is 34.2. The fourth-order valence-electron chi connectivity index (χ4n) is 3.45. The van der Waals surface area contributed by atoms with Gasteiger partial charge in [-0.25, -0.2) is 18.6 Å². The summed E-state index contributed by atoms with van der Waals surface area (Å²) in [6, 6.07) is 53.0. The normalized spacial score (nSPS) is 8.20. The van der Waals surface area contributed by atoms with Crippen LogP contribution in [0.2, 0.25) is 0 Å². The minimum absolute atomic E-state index is 0. The monoisotopic (exact) mass is 828 g/mol. The van der Waals surface area contributed by atoms with Crippen LogP contribution in [0.25, 0.3) is 0 Å². The van der Waals surface area contributed by atoms with Gasteiger partial charge in [0.25, 0.3) is 0 Å². The van der Waals surface area contributed by atoms with E-state index in [1.807, 2.05) is 0 Å². The van der Waals surface area contributed by atoms with E-state index < -0.39 is 10.2 Å². The number of halogens is 1. The molecule has 0 heterocycles. The summed E-state index contributed by atoms with van der Waals surface area (Å²) in [5.41, 5.74) is 0. The first-order valence-corrected chi connectivity index (χ1v) is 18.2. The zero-order valence-electron chi connectivity index (χ0n) is 28.2. The van der Waals surface area contributed by atoms with Crippen LogP contribution in [0.4, 0.5) is 0 Å². The standard InChI is InChI=1S/C26H24P2.5C2H3N.ClHO4.2Cu/c1-5-13-23(14-6-1)27(24-15-7-2-8-16-24)21-22-28(25-17-9-3-10-18-25)26-19-11-4-12-20-26;5*1-2-3;2-1(3,4)5;;/h1-20H,21-22H2;5*1H3;(H,2,3,4,5);;/q;;;;;;;2*+1/p-1. The Bertz CT molecular complexity index is 1300. The van der Waals surface area contributed by atoms with E-state index in [9.17, 15) is 0 Å². The van der Waals surface area contributed by atoms with Crippen LogP contribution in [0, 0.1) is 66.9 Å². The summed E-state index contributed by atoms with van der Waals surface area (Å²) in [4.78, 5) is 0. The molecule has 0 aliphatic carbocycles. The number of nitriles is 5. The van der Waals surface area contributed by atoms with Gasteiger partial charge in [0.05, 0.1) is 30.3 Å². The molecule has 0 bridgehead atoms. The molecule has 0 aromatic heterocycles. The van der Waals surface area contributed by atoms with Crippen molar-refractivity contribution in [3.8, 4) is 30.3 Å². The van der Waals surface area contributed by atoms with Crippen LogP contribution in [0.5, 0.6) is 0 Å². The summed E-state index contributed by atoms with van der Waals surface area (Å²) in [6.07, 6.45) is 2.41.